The van der Waals surface area contributed by atoms with Gasteiger partial charge in [-0.05, 0) is 5.56 Å². The third-order valence-corrected chi connectivity index (χ3v) is 4.21. The highest BCUT2D eigenvalue weighted by molar-refractivity contribution is 7.98. The van der Waals surface area contributed by atoms with Crippen LogP contribution in [0, 0.1) is 10.1 Å². The van der Waals surface area contributed by atoms with E-state index >= 15 is 0 Å². The molecule has 21 heavy (non-hydrogen) atoms. The quantitative estimate of drug-likeness (QED) is 0.384. The van der Waals surface area contributed by atoms with Gasteiger partial charge >= 0.3 is 5.00 Å². The van der Waals surface area contributed by atoms with Gasteiger partial charge in [0.25, 0.3) is 5.22 Å². The summed E-state index contributed by atoms with van der Waals surface area (Å²) in [5.41, 5.74) is 0.854. The largest absolute Gasteiger partial charge is 0.414 e. The summed E-state index contributed by atoms with van der Waals surface area (Å²) in [5.74, 6) is 0.967. The molecule has 0 saturated heterocycles. The van der Waals surface area contributed by atoms with Gasteiger partial charge in [0.05, 0.1) is 4.92 Å². The lowest BCUT2D eigenvalue weighted by atomic mass is 10.4. The summed E-state index contributed by atoms with van der Waals surface area (Å²) in [7, 11) is 0. The SMILES string of the molecule is O=[N+]([O-])c1cc(CSc2nnc(Cn3cncn3)o2)cs1. The minimum Gasteiger partial charge on any atom is -0.414 e. The fourth-order valence-corrected chi connectivity index (χ4v) is 3.04. The van der Waals surface area contributed by atoms with Crippen molar-refractivity contribution in [2.45, 2.75) is 17.5 Å². The van der Waals surface area contributed by atoms with Crippen LogP contribution in [0.15, 0.2) is 33.7 Å². The van der Waals surface area contributed by atoms with Crippen molar-refractivity contribution in [3.63, 3.8) is 0 Å². The minimum atomic E-state index is -0.401. The Hall–Kier alpha value is -2.27. The van der Waals surface area contributed by atoms with Gasteiger partial charge in [0.15, 0.2) is 0 Å². The molecule has 108 valence electrons. The van der Waals surface area contributed by atoms with Gasteiger partial charge in [-0.25, -0.2) is 9.67 Å². The molecule has 11 heteroatoms. The maximum Gasteiger partial charge on any atom is 0.324 e. The molecule has 0 aliphatic carbocycles. The number of hydrogen-bond donors (Lipinski definition) is 0. The first-order valence-electron chi connectivity index (χ1n) is 5.70. The molecule has 3 aromatic heterocycles. The molecule has 0 bridgehead atoms. The highest BCUT2D eigenvalue weighted by atomic mass is 32.2. The van der Waals surface area contributed by atoms with Crippen molar-refractivity contribution in [1.82, 2.24) is 25.0 Å². The summed E-state index contributed by atoms with van der Waals surface area (Å²) in [6.07, 6.45) is 2.98. The number of nitrogens with zero attached hydrogens (tertiary/aromatic N) is 6. The maximum atomic E-state index is 10.6. The Labute approximate surface area is 126 Å². The van der Waals surface area contributed by atoms with Crippen LogP contribution in [-0.2, 0) is 12.3 Å². The number of thiophene rings is 1. The molecule has 0 atom stereocenters. The standard InChI is InChI=1S/C10H8N6O3S2/c17-16(18)9-1-7(3-20-9)4-21-10-14-13-8(19-10)2-15-6-11-5-12-15/h1,3,5-6H,2,4H2. The smallest absolute Gasteiger partial charge is 0.324 e. The van der Waals surface area contributed by atoms with Crippen molar-refractivity contribution in [2.24, 2.45) is 0 Å². The van der Waals surface area contributed by atoms with E-state index in [1.54, 1.807) is 22.5 Å². The van der Waals surface area contributed by atoms with Crippen LogP contribution in [0.1, 0.15) is 11.5 Å². The average Bonchev–Trinajstić information content (AvgIpc) is 3.18. The summed E-state index contributed by atoms with van der Waals surface area (Å²) in [6.45, 7) is 0.359. The molecule has 0 aromatic carbocycles. The molecule has 3 rings (SSSR count). The molecule has 0 N–H and O–H groups in total. The van der Waals surface area contributed by atoms with Crippen LogP contribution in [0.5, 0.6) is 0 Å². The summed E-state index contributed by atoms with van der Waals surface area (Å²) in [6, 6.07) is 1.55. The van der Waals surface area contributed by atoms with Crippen molar-refractivity contribution in [3.8, 4) is 0 Å². The van der Waals surface area contributed by atoms with E-state index < -0.39 is 4.92 Å². The van der Waals surface area contributed by atoms with Crippen molar-refractivity contribution in [3.05, 3.63) is 45.7 Å². The maximum absolute atomic E-state index is 10.6. The zero-order valence-electron chi connectivity index (χ0n) is 10.4. The summed E-state index contributed by atoms with van der Waals surface area (Å²) < 4.78 is 7.03. The van der Waals surface area contributed by atoms with Gasteiger partial charge in [-0.2, -0.15) is 5.10 Å². The Morgan fingerprint density at radius 2 is 2.38 bits per heavy atom. The van der Waals surface area contributed by atoms with E-state index in [0.29, 0.717) is 23.4 Å². The van der Waals surface area contributed by atoms with Gasteiger partial charge in [-0.3, -0.25) is 10.1 Å². The fraction of sp³-hybridized carbons (Fsp3) is 0.200. The third kappa shape index (κ3) is 3.44. The van der Waals surface area contributed by atoms with Gasteiger partial charge in [0.2, 0.25) is 5.89 Å². The molecular formula is C10H8N6O3S2. The summed E-state index contributed by atoms with van der Waals surface area (Å²) >= 11 is 2.43. The predicted molar refractivity (Wildman–Crippen MR) is 74.0 cm³/mol. The first-order chi connectivity index (χ1) is 10.2. The van der Waals surface area contributed by atoms with E-state index in [0.717, 1.165) is 16.9 Å². The third-order valence-electron chi connectivity index (χ3n) is 2.39. The van der Waals surface area contributed by atoms with Crippen molar-refractivity contribution < 1.29 is 9.34 Å². The average molecular weight is 324 g/mol. The lowest BCUT2D eigenvalue weighted by molar-refractivity contribution is -0.380. The van der Waals surface area contributed by atoms with E-state index in [1.165, 1.54) is 18.1 Å². The lowest BCUT2D eigenvalue weighted by Crippen LogP contribution is -1.99. The van der Waals surface area contributed by atoms with E-state index in [-0.39, 0.29) is 5.00 Å². The van der Waals surface area contributed by atoms with Crippen LogP contribution in [0.3, 0.4) is 0 Å². The highest BCUT2D eigenvalue weighted by Gasteiger charge is 2.12. The van der Waals surface area contributed by atoms with Gasteiger partial charge in [0.1, 0.15) is 19.2 Å². The van der Waals surface area contributed by atoms with E-state index in [9.17, 15) is 10.1 Å². The molecule has 0 unspecified atom stereocenters. The molecule has 3 aromatic rings. The van der Waals surface area contributed by atoms with Crippen molar-refractivity contribution in [2.75, 3.05) is 0 Å². The van der Waals surface area contributed by atoms with Crippen LogP contribution < -0.4 is 0 Å². The Bertz CT molecular complexity index is 738. The Balaban J connectivity index is 1.58. The Kier molecular flexibility index (Phi) is 3.92. The van der Waals surface area contributed by atoms with E-state index in [2.05, 4.69) is 20.3 Å². The lowest BCUT2D eigenvalue weighted by Gasteiger charge is -1.94. The number of thioether (sulfide) groups is 1. The highest BCUT2D eigenvalue weighted by Crippen LogP contribution is 2.28. The zero-order chi connectivity index (χ0) is 14.7. The van der Waals surface area contributed by atoms with Gasteiger partial charge in [-0.1, -0.05) is 23.1 Å². The monoisotopic (exact) mass is 324 g/mol. The second-order valence-corrected chi connectivity index (χ2v) is 5.71. The van der Waals surface area contributed by atoms with Crippen LogP contribution in [0.2, 0.25) is 0 Å². The fourth-order valence-electron chi connectivity index (χ4n) is 1.49. The van der Waals surface area contributed by atoms with Gasteiger partial charge < -0.3 is 4.42 Å². The Morgan fingerprint density at radius 3 is 3.10 bits per heavy atom. The van der Waals surface area contributed by atoms with Gasteiger partial charge in [-0.15, -0.1) is 10.2 Å². The van der Waals surface area contributed by atoms with Crippen molar-refractivity contribution in [1.29, 1.82) is 0 Å². The molecule has 0 fully saturated rings. The minimum absolute atomic E-state index is 0.128. The topological polar surface area (TPSA) is 113 Å². The summed E-state index contributed by atoms with van der Waals surface area (Å²) in [4.78, 5) is 14.0. The molecule has 0 aliphatic rings. The van der Waals surface area contributed by atoms with Crippen LogP contribution in [0.25, 0.3) is 0 Å². The zero-order valence-corrected chi connectivity index (χ0v) is 12.1. The molecule has 0 spiro atoms. The Morgan fingerprint density at radius 1 is 1.48 bits per heavy atom. The van der Waals surface area contributed by atoms with Crippen LogP contribution in [-0.4, -0.2) is 29.9 Å². The number of nitro groups is 1. The molecule has 0 radical (unpaired) electrons. The second kappa shape index (κ2) is 6.01. The number of hydrogen-bond acceptors (Lipinski definition) is 9. The normalized spacial score (nSPS) is 10.9. The molecule has 0 amide bonds. The number of rotatable bonds is 6. The van der Waals surface area contributed by atoms with Crippen molar-refractivity contribution >= 4 is 28.1 Å². The summed E-state index contributed by atoms with van der Waals surface area (Å²) in [5, 5.41) is 24.6. The molecule has 0 saturated carbocycles. The van der Waals surface area contributed by atoms with Crippen LogP contribution >= 0.6 is 23.1 Å². The van der Waals surface area contributed by atoms with Crippen LogP contribution in [0.4, 0.5) is 5.00 Å². The van der Waals surface area contributed by atoms with E-state index in [1.807, 2.05) is 0 Å². The predicted octanol–water partition coefficient (Wildman–Crippen LogP) is 1.97. The first-order valence-corrected chi connectivity index (χ1v) is 7.56. The van der Waals surface area contributed by atoms with E-state index in [4.69, 9.17) is 4.42 Å². The number of aromatic nitrogens is 5. The first kappa shape index (κ1) is 13.7. The molecular weight excluding hydrogens is 316 g/mol. The second-order valence-electron chi connectivity index (χ2n) is 3.89. The van der Waals surface area contributed by atoms with Gasteiger partial charge in [0, 0.05) is 17.2 Å². The molecule has 3 heterocycles. The molecule has 0 aliphatic heterocycles. The molecule has 9 nitrogen and oxygen atoms in total.